The van der Waals surface area contributed by atoms with Crippen LogP contribution in [0.5, 0.6) is 0 Å². The van der Waals surface area contributed by atoms with Crippen LogP contribution in [0.1, 0.15) is 49.8 Å². The highest BCUT2D eigenvalue weighted by molar-refractivity contribution is 5.56. The fourth-order valence-corrected chi connectivity index (χ4v) is 2.51. The van der Waals surface area contributed by atoms with Gasteiger partial charge in [-0.05, 0) is 18.8 Å². The molecule has 0 aliphatic heterocycles. The van der Waals surface area contributed by atoms with Crippen LogP contribution < -0.4 is 4.90 Å². The Morgan fingerprint density at radius 3 is 2.61 bits per heavy atom. The molecule has 96 valence electrons. The highest BCUT2D eigenvalue weighted by Crippen LogP contribution is 2.44. The SMILES string of the molecule is CC(C)c1c(C2CC2)nc2ncnn2c1N(C)C. The molecule has 0 amide bonds. The third-order valence-corrected chi connectivity index (χ3v) is 3.43. The molecule has 0 bridgehead atoms. The molecule has 1 aliphatic carbocycles. The standard InChI is InChI=1S/C13H19N5/c1-8(2)10-11(9-5-6-9)16-13-14-7-15-18(13)12(10)17(3)4/h7-9H,5-6H2,1-4H3. The first kappa shape index (κ1) is 11.4. The van der Waals surface area contributed by atoms with E-state index in [-0.39, 0.29) is 0 Å². The number of aromatic nitrogens is 4. The third kappa shape index (κ3) is 1.65. The summed E-state index contributed by atoms with van der Waals surface area (Å²) in [5.41, 5.74) is 2.55. The lowest BCUT2D eigenvalue weighted by molar-refractivity contribution is 0.773. The van der Waals surface area contributed by atoms with Crippen LogP contribution in [0.2, 0.25) is 0 Å². The Morgan fingerprint density at radius 1 is 1.33 bits per heavy atom. The minimum absolute atomic E-state index is 0.444. The van der Waals surface area contributed by atoms with Crippen molar-refractivity contribution in [1.29, 1.82) is 0 Å². The Hall–Kier alpha value is -1.65. The molecule has 0 saturated heterocycles. The van der Waals surface area contributed by atoms with E-state index in [1.165, 1.54) is 24.1 Å². The lowest BCUT2D eigenvalue weighted by Gasteiger charge is -2.22. The summed E-state index contributed by atoms with van der Waals surface area (Å²) in [6.07, 6.45) is 4.09. The lowest BCUT2D eigenvalue weighted by atomic mass is 9.99. The lowest BCUT2D eigenvalue weighted by Crippen LogP contribution is -2.19. The van der Waals surface area contributed by atoms with Gasteiger partial charge in [-0.2, -0.15) is 14.6 Å². The van der Waals surface area contributed by atoms with Gasteiger partial charge in [0.2, 0.25) is 0 Å². The van der Waals surface area contributed by atoms with Gasteiger partial charge in [-0.25, -0.2) is 4.98 Å². The predicted octanol–water partition coefficient (Wildman–Crippen LogP) is 2.19. The summed E-state index contributed by atoms with van der Waals surface area (Å²) in [5, 5.41) is 4.31. The van der Waals surface area contributed by atoms with Crippen LogP contribution >= 0.6 is 0 Å². The second-order valence-corrected chi connectivity index (χ2v) is 5.53. The van der Waals surface area contributed by atoms with Gasteiger partial charge in [0, 0.05) is 25.6 Å². The largest absolute Gasteiger partial charge is 0.362 e. The van der Waals surface area contributed by atoms with Crippen molar-refractivity contribution in [2.24, 2.45) is 0 Å². The fourth-order valence-electron chi connectivity index (χ4n) is 2.51. The first-order valence-corrected chi connectivity index (χ1v) is 6.50. The molecule has 18 heavy (non-hydrogen) atoms. The molecule has 2 aromatic rings. The Balaban J connectivity index is 2.35. The first-order chi connectivity index (χ1) is 8.59. The van der Waals surface area contributed by atoms with E-state index >= 15 is 0 Å². The summed E-state index contributed by atoms with van der Waals surface area (Å²) in [6.45, 7) is 4.44. The monoisotopic (exact) mass is 245 g/mol. The van der Waals surface area contributed by atoms with Crippen LogP contribution in [0.4, 0.5) is 5.82 Å². The number of nitrogens with zero attached hydrogens (tertiary/aromatic N) is 5. The van der Waals surface area contributed by atoms with Gasteiger partial charge in [0.25, 0.3) is 5.78 Å². The Labute approximate surface area is 107 Å². The molecule has 0 atom stereocenters. The third-order valence-electron chi connectivity index (χ3n) is 3.43. The summed E-state index contributed by atoms with van der Waals surface area (Å²) < 4.78 is 1.85. The average molecular weight is 245 g/mol. The van der Waals surface area contributed by atoms with E-state index in [9.17, 15) is 0 Å². The summed E-state index contributed by atoms with van der Waals surface area (Å²) in [7, 11) is 4.11. The zero-order valence-corrected chi connectivity index (χ0v) is 11.4. The second-order valence-electron chi connectivity index (χ2n) is 5.53. The van der Waals surface area contributed by atoms with Crippen molar-refractivity contribution in [2.45, 2.75) is 38.5 Å². The quantitative estimate of drug-likeness (QED) is 0.831. The summed E-state index contributed by atoms with van der Waals surface area (Å²) in [4.78, 5) is 11.1. The molecule has 1 saturated carbocycles. The van der Waals surface area contributed by atoms with E-state index in [1.807, 2.05) is 4.52 Å². The van der Waals surface area contributed by atoms with Gasteiger partial charge in [-0.3, -0.25) is 0 Å². The van der Waals surface area contributed by atoms with Gasteiger partial charge >= 0.3 is 0 Å². The molecule has 3 rings (SSSR count). The molecule has 1 aliphatic rings. The molecule has 0 radical (unpaired) electrons. The molecule has 0 aromatic carbocycles. The number of hydrogen-bond donors (Lipinski definition) is 0. The van der Waals surface area contributed by atoms with E-state index in [0.717, 1.165) is 5.82 Å². The van der Waals surface area contributed by atoms with Crippen molar-refractivity contribution in [3.05, 3.63) is 17.6 Å². The fraction of sp³-hybridized carbons (Fsp3) is 0.615. The van der Waals surface area contributed by atoms with Gasteiger partial charge in [-0.1, -0.05) is 13.8 Å². The van der Waals surface area contributed by atoms with Crippen LogP contribution in [0.25, 0.3) is 5.78 Å². The molecule has 1 fully saturated rings. The van der Waals surface area contributed by atoms with Gasteiger partial charge in [0.05, 0.1) is 5.69 Å². The topological polar surface area (TPSA) is 46.3 Å². The first-order valence-electron chi connectivity index (χ1n) is 6.50. The van der Waals surface area contributed by atoms with E-state index in [0.29, 0.717) is 17.6 Å². The summed E-state index contributed by atoms with van der Waals surface area (Å²) in [5.74, 6) is 2.90. The Morgan fingerprint density at radius 2 is 2.06 bits per heavy atom. The molecule has 0 N–H and O–H groups in total. The Bertz CT molecular complexity index is 580. The van der Waals surface area contributed by atoms with E-state index in [2.05, 4.69) is 42.9 Å². The number of hydrogen-bond acceptors (Lipinski definition) is 4. The highest BCUT2D eigenvalue weighted by atomic mass is 15.4. The zero-order chi connectivity index (χ0) is 12.9. The molecule has 2 heterocycles. The van der Waals surface area contributed by atoms with Crippen molar-refractivity contribution in [3.63, 3.8) is 0 Å². The number of anilines is 1. The van der Waals surface area contributed by atoms with Crippen molar-refractivity contribution < 1.29 is 0 Å². The minimum Gasteiger partial charge on any atom is -0.362 e. The smallest absolute Gasteiger partial charge is 0.254 e. The van der Waals surface area contributed by atoms with Gasteiger partial charge < -0.3 is 4.90 Å². The maximum absolute atomic E-state index is 4.72. The second kappa shape index (κ2) is 3.93. The van der Waals surface area contributed by atoms with Crippen LogP contribution in [0.3, 0.4) is 0 Å². The predicted molar refractivity (Wildman–Crippen MR) is 71.2 cm³/mol. The molecular formula is C13H19N5. The van der Waals surface area contributed by atoms with Crippen molar-refractivity contribution >= 4 is 11.6 Å². The summed E-state index contributed by atoms with van der Waals surface area (Å²) >= 11 is 0. The van der Waals surface area contributed by atoms with Crippen molar-refractivity contribution in [1.82, 2.24) is 19.6 Å². The van der Waals surface area contributed by atoms with Gasteiger partial charge in [-0.15, -0.1) is 0 Å². The van der Waals surface area contributed by atoms with Crippen LogP contribution in [-0.4, -0.2) is 33.7 Å². The van der Waals surface area contributed by atoms with Crippen LogP contribution in [-0.2, 0) is 0 Å². The molecule has 0 unspecified atom stereocenters. The highest BCUT2D eigenvalue weighted by Gasteiger charge is 2.32. The summed E-state index contributed by atoms with van der Waals surface area (Å²) in [6, 6.07) is 0. The molecule has 2 aromatic heterocycles. The molecule has 5 heteroatoms. The zero-order valence-electron chi connectivity index (χ0n) is 11.4. The number of rotatable bonds is 3. The molecule has 5 nitrogen and oxygen atoms in total. The maximum atomic E-state index is 4.72. The maximum Gasteiger partial charge on any atom is 0.254 e. The Kier molecular flexibility index (Phi) is 2.50. The van der Waals surface area contributed by atoms with Crippen molar-refractivity contribution in [2.75, 3.05) is 19.0 Å². The molecular weight excluding hydrogens is 226 g/mol. The number of fused-ring (bicyclic) bond motifs is 1. The van der Waals surface area contributed by atoms with Crippen LogP contribution in [0, 0.1) is 0 Å². The van der Waals surface area contributed by atoms with Crippen molar-refractivity contribution in [3.8, 4) is 0 Å². The van der Waals surface area contributed by atoms with E-state index in [1.54, 1.807) is 6.33 Å². The average Bonchev–Trinajstić information content (AvgIpc) is 3.05. The van der Waals surface area contributed by atoms with Gasteiger partial charge in [0.15, 0.2) is 0 Å². The molecule has 0 spiro atoms. The van der Waals surface area contributed by atoms with E-state index < -0.39 is 0 Å². The minimum atomic E-state index is 0.444. The van der Waals surface area contributed by atoms with Gasteiger partial charge in [0.1, 0.15) is 12.1 Å². The normalized spacial score (nSPS) is 15.6. The van der Waals surface area contributed by atoms with Crippen LogP contribution in [0.15, 0.2) is 6.33 Å². The van der Waals surface area contributed by atoms with E-state index in [4.69, 9.17) is 4.98 Å².